The molecule has 5 heteroatoms. The molecule has 0 atom stereocenters. The number of hydrogen-bond acceptors (Lipinski definition) is 4. The van der Waals surface area contributed by atoms with Gasteiger partial charge in [-0.25, -0.2) is 4.98 Å². The number of furan rings is 1. The van der Waals surface area contributed by atoms with Gasteiger partial charge in [0.25, 0.3) is 0 Å². The zero-order chi connectivity index (χ0) is 41.7. The van der Waals surface area contributed by atoms with Gasteiger partial charge in [0.05, 0.1) is 5.58 Å². The molecule has 4 nitrogen and oxygen atoms in total. The smallest absolute Gasteiger partial charge is 0.216 e. The minimum Gasteiger partial charge on any atom is -0.486 e. The summed E-state index contributed by atoms with van der Waals surface area (Å²) in [6.07, 6.45) is -3.36. The van der Waals surface area contributed by atoms with E-state index in [1.807, 2.05) is 12.3 Å². The third kappa shape index (κ3) is 8.97. The number of benzene rings is 3. The Morgan fingerprint density at radius 3 is 2.27 bits per heavy atom. The first kappa shape index (κ1) is 25.5. The van der Waals surface area contributed by atoms with Crippen molar-refractivity contribution in [1.82, 2.24) is 15.0 Å². The van der Waals surface area contributed by atoms with Crippen LogP contribution in [0, 0.1) is 45.2 Å². The molecule has 0 unspecified atom stereocenters. The third-order valence-electron chi connectivity index (χ3n) is 7.69. The average molecular weight is 831 g/mol. The molecule has 4 aromatic heterocycles. The van der Waals surface area contributed by atoms with Crippen LogP contribution >= 0.6 is 0 Å². The molecular formula is C44H43IrN3O-2. The van der Waals surface area contributed by atoms with Gasteiger partial charge in [-0.15, -0.1) is 53.6 Å². The maximum Gasteiger partial charge on any atom is 0.216 e. The largest absolute Gasteiger partial charge is 0.486 e. The first-order valence-electron chi connectivity index (χ1n) is 20.3. The number of pyridine rings is 3. The monoisotopic (exact) mass is 831 g/mol. The standard InChI is InChI=1S/C30H29N2O.C14H14N.Ir/c1-20-8-15-25-24-6-5-7-26(28(24)33-29(25)32-20)27-18-22(16-17-31-27)12-9-21-10-13-23(14-11-21)19-30(2,3)4;1-10-4-6-13(7-5-10)14-8-11(2)12(3)9-15-14;/h5-6,8,10-11,13-18H,9,12,19H2,1-4H3;4-6,8-9H,1-3H3;/q2*-1;/i1D3,9D2,12D2,19D2;;. The van der Waals surface area contributed by atoms with Gasteiger partial charge in [-0.05, 0) is 91.5 Å². The van der Waals surface area contributed by atoms with E-state index in [0.29, 0.717) is 33.2 Å². The van der Waals surface area contributed by atoms with Gasteiger partial charge in [-0.1, -0.05) is 86.2 Å². The predicted octanol–water partition coefficient (Wildman–Crippen LogP) is 11.0. The van der Waals surface area contributed by atoms with Gasteiger partial charge in [0.15, 0.2) is 0 Å². The SMILES string of the molecule is Cc1c[c-]c(-c2cc(C)c(C)cn2)cc1.[2H]C([2H])([2H])c1ccc2c(n1)oc1c(-c3cc(C([2H])([2H])C([2H])([2H])c4ccc(C([2H])([2H])C(C)(C)C)cc4)ccn3)[c-]ccc12.[Ir]. The van der Waals surface area contributed by atoms with E-state index >= 15 is 0 Å². The number of hydrogen-bond donors (Lipinski definition) is 0. The maximum atomic E-state index is 8.87. The van der Waals surface area contributed by atoms with Crippen LogP contribution in [-0.4, -0.2) is 15.0 Å². The zero-order valence-electron chi connectivity index (χ0n) is 37.3. The van der Waals surface area contributed by atoms with Crippen LogP contribution in [0.25, 0.3) is 44.6 Å². The second-order valence-corrected chi connectivity index (χ2v) is 12.8. The Morgan fingerprint density at radius 1 is 0.776 bits per heavy atom. The fourth-order valence-electron chi connectivity index (χ4n) is 5.11. The number of rotatable bonds is 6. The Bertz CT molecular complexity index is 2560. The van der Waals surface area contributed by atoms with Crippen LogP contribution in [0.4, 0.5) is 0 Å². The normalized spacial score (nSPS) is 15.1. The van der Waals surface area contributed by atoms with E-state index in [1.165, 1.54) is 65.4 Å². The fourth-order valence-corrected chi connectivity index (χ4v) is 5.11. The third-order valence-corrected chi connectivity index (χ3v) is 7.69. The molecule has 0 aliphatic carbocycles. The summed E-state index contributed by atoms with van der Waals surface area (Å²) in [7, 11) is 0. The zero-order valence-corrected chi connectivity index (χ0v) is 30.7. The van der Waals surface area contributed by atoms with Crippen LogP contribution in [-0.2, 0) is 39.2 Å². The van der Waals surface area contributed by atoms with Crippen LogP contribution in [0.3, 0.4) is 0 Å². The first-order chi connectivity index (χ1) is 26.5. The molecule has 7 aromatic rings. The van der Waals surface area contributed by atoms with Crippen LogP contribution in [0.5, 0.6) is 0 Å². The number of fused-ring (bicyclic) bond motifs is 3. The van der Waals surface area contributed by atoms with Crippen molar-refractivity contribution < 1.29 is 36.9 Å². The predicted molar refractivity (Wildman–Crippen MR) is 198 cm³/mol. The number of aromatic nitrogens is 3. The van der Waals surface area contributed by atoms with Crippen molar-refractivity contribution in [3.63, 3.8) is 0 Å². The molecule has 0 spiro atoms. The fraction of sp³-hybridized carbons (Fsp3) is 0.250. The molecule has 0 aliphatic rings. The molecule has 0 bridgehead atoms. The van der Waals surface area contributed by atoms with E-state index in [9.17, 15) is 0 Å². The molecule has 0 saturated carbocycles. The second-order valence-electron chi connectivity index (χ2n) is 12.8. The average Bonchev–Trinajstić information content (AvgIpc) is 3.54. The molecule has 0 fully saturated rings. The quantitative estimate of drug-likeness (QED) is 0.157. The van der Waals surface area contributed by atoms with Gasteiger partial charge in [-0.2, -0.15) is 0 Å². The Hall–Kier alpha value is -4.44. The van der Waals surface area contributed by atoms with Crippen molar-refractivity contribution in [1.29, 1.82) is 0 Å². The van der Waals surface area contributed by atoms with Crippen LogP contribution in [0.1, 0.15) is 72.2 Å². The van der Waals surface area contributed by atoms with Gasteiger partial charge < -0.3 is 14.4 Å². The van der Waals surface area contributed by atoms with E-state index in [2.05, 4.69) is 66.1 Å². The molecule has 49 heavy (non-hydrogen) atoms. The minimum atomic E-state index is -2.51. The Kier molecular flexibility index (Phi) is 8.02. The van der Waals surface area contributed by atoms with E-state index in [-0.39, 0.29) is 42.6 Å². The van der Waals surface area contributed by atoms with Crippen molar-refractivity contribution >= 4 is 22.1 Å². The molecule has 0 saturated heterocycles. The number of aryl methyl sites for hydroxylation is 6. The molecule has 0 N–H and O–H groups in total. The first-order valence-corrected chi connectivity index (χ1v) is 15.8. The summed E-state index contributed by atoms with van der Waals surface area (Å²) < 4.78 is 81.2. The van der Waals surface area contributed by atoms with Crippen molar-refractivity contribution in [2.24, 2.45) is 5.41 Å². The molecule has 251 valence electrons. The van der Waals surface area contributed by atoms with Crippen LogP contribution in [0.15, 0.2) is 102 Å². The van der Waals surface area contributed by atoms with Crippen molar-refractivity contribution in [3.8, 4) is 22.5 Å². The van der Waals surface area contributed by atoms with E-state index in [0.717, 1.165) is 11.3 Å². The summed E-state index contributed by atoms with van der Waals surface area (Å²) in [5.74, 6) is 0. The summed E-state index contributed by atoms with van der Waals surface area (Å²) >= 11 is 0. The van der Waals surface area contributed by atoms with Crippen molar-refractivity contribution in [2.75, 3.05) is 0 Å². The molecular weight excluding hydrogens is 779 g/mol. The molecule has 4 heterocycles. The van der Waals surface area contributed by atoms with Crippen molar-refractivity contribution in [2.45, 2.75) is 67.5 Å². The Morgan fingerprint density at radius 2 is 1.55 bits per heavy atom. The molecule has 3 aromatic carbocycles. The van der Waals surface area contributed by atoms with Gasteiger partial charge in [-0.3, -0.25) is 0 Å². The summed E-state index contributed by atoms with van der Waals surface area (Å²) in [6.45, 7) is 9.20. The molecule has 0 amide bonds. The van der Waals surface area contributed by atoms with E-state index < -0.39 is 31.4 Å². The summed E-state index contributed by atoms with van der Waals surface area (Å²) in [4.78, 5) is 13.0. The Labute approximate surface area is 317 Å². The Balaban J connectivity index is 0.000000336. The van der Waals surface area contributed by atoms with Gasteiger partial charge in [0.1, 0.15) is 0 Å². The molecule has 0 aliphatic heterocycles. The van der Waals surface area contributed by atoms with Crippen molar-refractivity contribution in [3.05, 3.63) is 149 Å². The summed E-state index contributed by atoms with van der Waals surface area (Å²) in [5, 5.41) is 1.26. The molecule has 7 rings (SSSR count). The summed E-state index contributed by atoms with van der Waals surface area (Å²) in [5.41, 5.74) is 6.66. The van der Waals surface area contributed by atoms with E-state index in [4.69, 9.17) is 16.8 Å². The van der Waals surface area contributed by atoms with E-state index in [1.54, 1.807) is 39.0 Å². The minimum absolute atomic E-state index is 0. The molecule has 1 radical (unpaired) electrons. The van der Waals surface area contributed by atoms with Crippen LogP contribution < -0.4 is 0 Å². The second kappa shape index (κ2) is 15.4. The van der Waals surface area contributed by atoms with Gasteiger partial charge in [0.2, 0.25) is 5.71 Å². The van der Waals surface area contributed by atoms with Gasteiger partial charge in [0, 0.05) is 55.9 Å². The number of nitrogens with zero attached hydrogens (tertiary/aromatic N) is 3. The maximum absolute atomic E-state index is 8.87. The topological polar surface area (TPSA) is 51.8 Å². The van der Waals surface area contributed by atoms with Crippen LogP contribution in [0.2, 0.25) is 0 Å². The van der Waals surface area contributed by atoms with Gasteiger partial charge >= 0.3 is 0 Å². The summed E-state index contributed by atoms with van der Waals surface area (Å²) in [6, 6.07) is 29.8.